The van der Waals surface area contributed by atoms with Crippen molar-refractivity contribution in [1.82, 2.24) is 0 Å². The van der Waals surface area contributed by atoms with Crippen LogP contribution < -0.4 is 10.5 Å². The zero-order chi connectivity index (χ0) is 16.4. The van der Waals surface area contributed by atoms with Crippen molar-refractivity contribution in [3.05, 3.63) is 28.3 Å². The van der Waals surface area contributed by atoms with Gasteiger partial charge in [0.1, 0.15) is 5.69 Å². The molecule has 0 fully saturated rings. The van der Waals surface area contributed by atoms with Gasteiger partial charge in [0.25, 0.3) is 5.69 Å². The van der Waals surface area contributed by atoms with E-state index in [2.05, 4.69) is 5.32 Å². The van der Waals surface area contributed by atoms with Crippen molar-refractivity contribution >= 4 is 27.4 Å². The molecule has 1 aromatic carbocycles. The number of nitro groups is 1. The number of aliphatic carboxylic acids is 1. The summed E-state index contributed by atoms with van der Waals surface area (Å²) in [6, 6.07) is 2.53. The molecule has 0 heterocycles. The number of rotatable bonds is 6. The molecule has 21 heavy (non-hydrogen) atoms. The molecule has 0 saturated carbocycles. The Morgan fingerprint density at radius 1 is 1.43 bits per heavy atom. The van der Waals surface area contributed by atoms with E-state index in [9.17, 15) is 23.3 Å². The van der Waals surface area contributed by atoms with E-state index in [4.69, 9.17) is 10.2 Å². The maximum Gasteiger partial charge on any atom is 0.308 e. The molecule has 10 heteroatoms. The van der Waals surface area contributed by atoms with Crippen LogP contribution in [0.1, 0.15) is 13.8 Å². The number of carbonyl (C=O) groups is 1. The van der Waals surface area contributed by atoms with Crippen LogP contribution in [0, 0.1) is 16.0 Å². The third-order valence-electron chi connectivity index (χ3n) is 3.02. The number of carboxylic acids is 1. The van der Waals surface area contributed by atoms with Crippen molar-refractivity contribution < 1.29 is 23.2 Å². The average Bonchev–Trinajstić information content (AvgIpc) is 2.36. The number of primary sulfonamides is 1. The summed E-state index contributed by atoms with van der Waals surface area (Å²) in [4.78, 5) is 20.7. The second-order valence-corrected chi connectivity index (χ2v) is 6.10. The maximum absolute atomic E-state index is 11.2. The van der Waals surface area contributed by atoms with Crippen molar-refractivity contribution in [2.75, 3.05) is 5.32 Å². The Balaban J connectivity index is 3.19. The molecule has 1 aromatic rings. The van der Waals surface area contributed by atoms with Gasteiger partial charge in [0.15, 0.2) is 0 Å². The fraction of sp³-hybridized carbons (Fsp3) is 0.364. The van der Waals surface area contributed by atoms with Gasteiger partial charge in [-0.3, -0.25) is 14.9 Å². The molecule has 2 unspecified atom stereocenters. The molecule has 0 bridgehead atoms. The third kappa shape index (κ3) is 4.13. The number of nitrogens with one attached hydrogen (secondary N) is 1. The molecule has 1 rings (SSSR count). The lowest BCUT2D eigenvalue weighted by molar-refractivity contribution is -0.384. The highest BCUT2D eigenvalue weighted by atomic mass is 32.2. The standard InChI is InChI=1S/C11H15N3O6S/c1-6(11(15)16)7(2)13-9-4-3-8(21(12,19)20)5-10(9)14(17)18/h3-7,13H,1-2H3,(H,15,16)(H2,12,19,20). The van der Waals surface area contributed by atoms with Crippen LogP contribution in [-0.2, 0) is 14.8 Å². The zero-order valence-corrected chi connectivity index (χ0v) is 12.1. The molecule has 0 aliphatic carbocycles. The van der Waals surface area contributed by atoms with Gasteiger partial charge >= 0.3 is 5.97 Å². The van der Waals surface area contributed by atoms with Gasteiger partial charge in [0.05, 0.1) is 15.7 Å². The summed E-state index contributed by atoms with van der Waals surface area (Å²) in [5.41, 5.74) is -0.473. The Labute approximate surface area is 121 Å². The van der Waals surface area contributed by atoms with E-state index in [-0.39, 0.29) is 5.69 Å². The first-order valence-corrected chi connectivity index (χ1v) is 7.39. The molecule has 0 aliphatic rings. The van der Waals surface area contributed by atoms with E-state index >= 15 is 0 Å². The Hall–Kier alpha value is -2.20. The molecule has 9 nitrogen and oxygen atoms in total. The number of benzene rings is 1. The van der Waals surface area contributed by atoms with Crippen molar-refractivity contribution in [3.63, 3.8) is 0 Å². The molecular formula is C11H15N3O6S. The SMILES string of the molecule is CC(Nc1ccc(S(N)(=O)=O)cc1[N+](=O)[O-])C(C)C(=O)O. The molecule has 2 atom stereocenters. The fourth-order valence-electron chi connectivity index (χ4n) is 1.55. The van der Waals surface area contributed by atoms with Crippen molar-refractivity contribution in [2.24, 2.45) is 11.1 Å². The Morgan fingerprint density at radius 2 is 2.00 bits per heavy atom. The fourth-order valence-corrected chi connectivity index (χ4v) is 2.08. The highest BCUT2D eigenvalue weighted by Gasteiger charge is 2.24. The number of hydrogen-bond acceptors (Lipinski definition) is 6. The first kappa shape index (κ1) is 16.9. The summed E-state index contributed by atoms with van der Waals surface area (Å²) in [7, 11) is -4.06. The summed E-state index contributed by atoms with van der Waals surface area (Å²) in [5.74, 6) is -1.85. The van der Waals surface area contributed by atoms with Crippen molar-refractivity contribution in [2.45, 2.75) is 24.8 Å². The number of nitrogens with zero attached hydrogens (tertiary/aromatic N) is 1. The first-order valence-electron chi connectivity index (χ1n) is 5.84. The van der Waals surface area contributed by atoms with Crippen LogP contribution in [0.25, 0.3) is 0 Å². The normalized spacial score (nSPS) is 14.2. The van der Waals surface area contributed by atoms with Gasteiger partial charge in [0.2, 0.25) is 10.0 Å². The Bertz CT molecular complexity index is 673. The number of nitro benzene ring substituents is 1. The van der Waals surface area contributed by atoms with Crippen LogP contribution in [-0.4, -0.2) is 30.5 Å². The molecular weight excluding hydrogens is 302 g/mol. The summed E-state index contributed by atoms with van der Waals surface area (Å²) in [5, 5.41) is 27.5. The first-order chi connectivity index (χ1) is 9.54. The highest BCUT2D eigenvalue weighted by Crippen LogP contribution is 2.28. The van der Waals surface area contributed by atoms with E-state index in [1.54, 1.807) is 6.92 Å². The van der Waals surface area contributed by atoms with E-state index < -0.39 is 43.5 Å². The largest absolute Gasteiger partial charge is 0.481 e. The van der Waals surface area contributed by atoms with Crippen molar-refractivity contribution in [1.29, 1.82) is 0 Å². The highest BCUT2D eigenvalue weighted by molar-refractivity contribution is 7.89. The van der Waals surface area contributed by atoms with Crippen molar-refractivity contribution in [3.8, 4) is 0 Å². The molecule has 4 N–H and O–H groups in total. The molecule has 0 radical (unpaired) electrons. The predicted molar refractivity (Wildman–Crippen MR) is 74.4 cm³/mol. The molecule has 0 spiro atoms. The van der Waals surface area contributed by atoms with Crippen LogP contribution >= 0.6 is 0 Å². The van der Waals surface area contributed by atoms with E-state index in [0.717, 1.165) is 12.1 Å². The number of anilines is 1. The molecule has 0 aromatic heterocycles. The van der Waals surface area contributed by atoms with Crippen LogP contribution in [0.2, 0.25) is 0 Å². The topological polar surface area (TPSA) is 153 Å². The maximum atomic E-state index is 11.2. The van der Waals surface area contributed by atoms with E-state index in [1.807, 2.05) is 0 Å². The number of nitrogens with two attached hydrogens (primary N) is 1. The molecule has 116 valence electrons. The number of hydrogen-bond donors (Lipinski definition) is 3. The summed E-state index contributed by atoms with van der Waals surface area (Å²) in [6.45, 7) is 3.00. The second kappa shape index (κ2) is 6.06. The van der Waals surface area contributed by atoms with E-state index in [1.165, 1.54) is 13.0 Å². The van der Waals surface area contributed by atoms with Crippen LogP contribution in [0.5, 0.6) is 0 Å². The third-order valence-corrected chi connectivity index (χ3v) is 3.93. The molecule has 0 amide bonds. The van der Waals surface area contributed by atoms with Crippen LogP contribution in [0.3, 0.4) is 0 Å². The monoisotopic (exact) mass is 317 g/mol. The van der Waals surface area contributed by atoms with Gasteiger partial charge < -0.3 is 10.4 Å². The van der Waals surface area contributed by atoms with Gasteiger partial charge in [-0.15, -0.1) is 0 Å². The minimum absolute atomic E-state index is 0.0213. The minimum atomic E-state index is -4.06. The average molecular weight is 317 g/mol. The Kier molecular flexibility index (Phi) is 4.86. The lowest BCUT2D eigenvalue weighted by Gasteiger charge is -2.19. The molecule has 0 saturated heterocycles. The summed E-state index contributed by atoms with van der Waals surface area (Å²) in [6.07, 6.45) is 0. The van der Waals surface area contributed by atoms with Crippen LogP contribution in [0.4, 0.5) is 11.4 Å². The van der Waals surface area contributed by atoms with Gasteiger partial charge in [-0.2, -0.15) is 0 Å². The summed E-state index contributed by atoms with van der Waals surface area (Å²) >= 11 is 0. The van der Waals surface area contributed by atoms with Gasteiger partial charge in [0, 0.05) is 12.1 Å². The smallest absolute Gasteiger partial charge is 0.308 e. The van der Waals surface area contributed by atoms with Gasteiger partial charge in [-0.05, 0) is 26.0 Å². The van der Waals surface area contributed by atoms with E-state index in [0.29, 0.717) is 0 Å². The second-order valence-electron chi connectivity index (χ2n) is 4.54. The van der Waals surface area contributed by atoms with Gasteiger partial charge in [-0.25, -0.2) is 13.6 Å². The Morgan fingerprint density at radius 3 is 2.43 bits per heavy atom. The summed E-state index contributed by atoms with van der Waals surface area (Å²) < 4.78 is 22.4. The minimum Gasteiger partial charge on any atom is -0.481 e. The quantitative estimate of drug-likeness (QED) is 0.517. The van der Waals surface area contributed by atoms with Gasteiger partial charge in [-0.1, -0.05) is 0 Å². The lowest BCUT2D eigenvalue weighted by Crippen LogP contribution is -2.30. The zero-order valence-electron chi connectivity index (χ0n) is 11.3. The number of sulfonamides is 1. The van der Waals surface area contributed by atoms with Crippen LogP contribution in [0.15, 0.2) is 23.1 Å². The predicted octanol–water partition coefficient (Wildman–Crippen LogP) is 0.763. The number of carboxylic acid groups (broad SMARTS) is 1. The molecule has 0 aliphatic heterocycles. The lowest BCUT2D eigenvalue weighted by atomic mass is 10.0.